The van der Waals surface area contributed by atoms with Crippen LogP contribution in [0.15, 0.2) is 78.2 Å². The van der Waals surface area contributed by atoms with E-state index in [0.29, 0.717) is 21.7 Å². The maximum Gasteiger partial charge on any atom is 0.353 e. The van der Waals surface area contributed by atoms with Gasteiger partial charge in [0.15, 0.2) is 5.78 Å². The van der Waals surface area contributed by atoms with Crippen molar-refractivity contribution >= 4 is 52.4 Å². The molecule has 2 saturated carbocycles. The SMILES string of the molecule is O=C(CN(C(=O)c1ccc(Cl)cc1)N1C(=O)[C@@H]2[C@H]3C=C[C@@H]([C@@H]4C[C@@H]34)[C@@H]2C1=O)c1ccc(OC(=O)c2cccs2)cc1. The zero-order chi connectivity index (χ0) is 28.4. The highest BCUT2D eigenvalue weighted by Gasteiger charge is 2.68. The molecule has 4 aliphatic carbocycles. The van der Waals surface area contributed by atoms with E-state index in [9.17, 15) is 24.0 Å². The van der Waals surface area contributed by atoms with Crippen LogP contribution in [-0.4, -0.2) is 46.0 Å². The van der Waals surface area contributed by atoms with Crippen LogP contribution in [0.25, 0.3) is 0 Å². The first-order valence-corrected chi connectivity index (χ1v) is 14.6. The molecule has 3 fully saturated rings. The summed E-state index contributed by atoms with van der Waals surface area (Å²) in [7, 11) is 0. The van der Waals surface area contributed by atoms with Crippen molar-refractivity contribution in [1.29, 1.82) is 0 Å². The second-order valence-electron chi connectivity index (χ2n) is 10.8. The Labute approximate surface area is 244 Å². The molecule has 206 valence electrons. The molecule has 10 heteroatoms. The Morgan fingerprint density at radius 1 is 0.878 bits per heavy atom. The average Bonchev–Trinajstić information content (AvgIpc) is 3.55. The molecule has 3 aromatic rings. The molecule has 1 saturated heterocycles. The van der Waals surface area contributed by atoms with Crippen LogP contribution in [0.2, 0.25) is 5.02 Å². The molecule has 1 aliphatic heterocycles. The fourth-order valence-corrected chi connectivity index (χ4v) is 7.37. The average molecular weight is 587 g/mol. The molecular weight excluding hydrogens is 564 g/mol. The summed E-state index contributed by atoms with van der Waals surface area (Å²) >= 11 is 7.27. The number of hydrogen-bond acceptors (Lipinski definition) is 7. The third-order valence-corrected chi connectivity index (χ3v) is 9.71. The van der Waals surface area contributed by atoms with E-state index < -0.39 is 47.9 Å². The van der Waals surface area contributed by atoms with Crippen molar-refractivity contribution in [3.63, 3.8) is 0 Å². The number of hydrazine groups is 1. The number of hydrogen-bond donors (Lipinski definition) is 0. The number of carbonyl (C=O) groups excluding carboxylic acids is 5. The van der Waals surface area contributed by atoms with Crippen molar-refractivity contribution in [1.82, 2.24) is 10.0 Å². The molecule has 0 radical (unpaired) electrons. The standard InChI is InChI=1S/C31H23ClN2O6S/c32-18-7-3-17(4-8-18)28(36)33(34-29(37)26-20-11-12-21(23-14-22(20)23)27(26)30(34)38)15-24(35)16-5-9-19(10-6-16)40-31(39)25-2-1-13-41-25/h1-13,20-23,26-27H,14-15H2/t20-,21-,22-,23-,26-,27+/m0/s1. The van der Waals surface area contributed by atoms with Crippen LogP contribution in [-0.2, 0) is 9.59 Å². The van der Waals surface area contributed by atoms with Crippen LogP contribution in [0, 0.1) is 35.5 Å². The van der Waals surface area contributed by atoms with E-state index in [2.05, 4.69) is 12.2 Å². The highest BCUT2D eigenvalue weighted by Crippen LogP contribution is 2.65. The minimum atomic E-state index is -0.651. The van der Waals surface area contributed by atoms with E-state index in [4.69, 9.17) is 16.3 Å². The Kier molecular flexibility index (Phi) is 6.17. The number of esters is 1. The number of Topliss-reactive ketones (excluding diaryl/α,β-unsaturated/α-hetero) is 1. The molecule has 2 heterocycles. The quantitative estimate of drug-likeness (QED) is 0.128. The molecule has 8 nitrogen and oxygen atoms in total. The maximum absolute atomic E-state index is 13.8. The molecule has 6 atom stereocenters. The van der Waals surface area contributed by atoms with Gasteiger partial charge in [-0.05, 0) is 90.1 Å². The van der Waals surface area contributed by atoms with Gasteiger partial charge in [-0.2, -0.15) is 5.01 Å². The van der Waals surface area contributed by atoms with Crippen LogP contribution >= 0.6 is 22.9 Å². The second kappa shape index (κ2) is 9.78. The lowest BCUT2D eigenvalue weighted by Crippen LogP contribution is -2.52. The summed E-state index contributed by atoms with van der Waals surface area (Å²) < 4.78 is 5.36. The topological polar surface area (TPSA) is 101 Å². The first-order valence-electron chi connectivity index (χ1n) is 13.3. The largest absolute Gasteiger partial charge is 0.422 e. The van der Waals surface area contributed by atoms with Gasteiger partial charge in [0.2, 0.25) is 0 Å². The lowest BCUT2D eigenvalue weighted by atomic mass is 9.63. The molecular formula is C31H23ClN2O6S. The summed E-state index contributed by atoms with van der Waals surface area (Å²) in [4.78, 5) is 67.5. The van der Waals surface area contributed by atoms with E-state index in [1.807, 2.05) is 0 Å². The van der Waals surface area contributed by atoms with Crippen LogP contribution in [0.5, 0.6) is 5.75 Å². The van der Waals surface area contributed by atoms with Gasteiger partial charge in [-0.3, -0.25) is 19.2 Å². The van der Waals surface area contributed by atoms with Crippen molar-refractivity contribution in [2.75, 3.05) is 6.54 Å². The van der Waals surface area contributed by atoms with Crippen molar-refractivity contribution < 1.29 is 28.7 Å². The number of benzene rings is 2. The maximum atomic E-state index is 13.8. The van der Waals surface area contributed by atoms with E-state index in [1.165, 1.54) is 59.9 Å². The van der Waals surface area contributed by atoms with E-state index in [0.717, 1.165) is 16.4 Å². The van der Waals surface area contributed by atoms with Gasteiger partial charge in [0, 0.05) is 16.1 Å². The van der Waals surface area contributed by atoms with Crippen LogP contribution in [0.1, 0.15) is 36.8 Å². The van der Waals surface area contributed by atoms with E-state index in [-0.39, 0.29) is 28.7 Å². The van der Waals surface area contributed by atoms with Crippen molar-refractivity contribution in [3.8, 4) is 5.75 Å². The first kappa shape index (κ1) is 25.9. The second-order valence-corrected chi connectivity index (χ2v) is 12.2. The molecule has 1 aromatic heterocycles. The van der Waals surface area contributed by atoms with E-state index >= 15 is 0 Å². The smallest absolute Gasteiger partial charge is 0.353 e. The molecule has 41 heavy (non-hydrogen) atoms. The van der Waals surface area contributed by atoms with E-state index in [1.54, 1.807) is 17.5 Å². The Bertz CT molecular complexity index is 1580. The summed E-state index contributed by atoms with van der Waals surface area (Å²) in [5.74, 6) is -2.54. The number of amides is 3. The fourth-order valence-electron chi connectivity index (χ4n) is 6.64. The fraction of sp³-hybridized carbons (Fsp3) is 0.258. The Morgan fingerprint density at radius 3 is 2.07 bits per heavy atom. The van der Waals surface area contributed by atoms with Crippen LogP contribution in [0.4, 0.5) is 0 Å². The lowest BCUT2D eigenvalue weighted by Gasteiger charge is -2.37. The number of ether oxygens (including phenoxy) is 1. The summed E-state index contributed by atoms with van der Waals surface area (Å²) in [6, 6.07) is 15.4. The summed E-state index contributed by atoms with van der Waals surface area (Å²) in [5, 5.41) is 4.08. The summed E-state index contributed by atoms with van der Waals surface area (Å²) in [5.41, 5.74) is 0.423. The normalized spacial score (nSPS) is 26.9. The van der Waals surface area contributed by atoms with Gasteiger partial charge in [-0.15, -0.1) is 11.3 Å². The Balaban J connectivity index is 1.15. The molecule has 0 spiro atoms. The monoisotopic (exact) mass is 586 g/mol. The first-order chi connectivity index (χ1) is 19.8. The Morgan fingerprint density at radius 2 is 1.49 bits per heavy atom. The number of allylic oxidation sites excluding steroid dienone is 2. The van der Waals surface area contributed by atoms with Gasteiger partial charge in [0.1, 0.15) is 17.2 Å². The van der Waals surface area contributed by atoms with Crippen molar-refractivity contribution in [2.45, 2.75) is 6.42 Å². The number of thiophene rings is 1. The molecule has 2 bridgehead atoms. The molecule has 5 aliphatic rings. The van der Waals surface area contributed by atoms with Crippen molar-refractivity contribution in [2.24, 2.45) is 35.5 Å². The van der Waals surface area contributed by atoms with Crippen molar-refractivity contribution in [3.05, 3.63) is 99.2 Å². The van der Waals surface area contributed by atoms with Crippen LogP contribution in [0.3, 0.4) is 0 Å². The zero-order valence-electron chi connectivity index (χ0n) is 21.5. The number of nitrogens with zero attached hydrogens (tertiary/aromatic N) is 2. The number of imide groups is 1. The molecule has 2 aromatic carbocycles. The van der Waals surface area contributed by atoms with Crippen LogP contribution < -0.4 is 4.74 Å². The van der Waals surface area contributed by atoms with Gasteiger partial charge in [-0.25, -0.2) is 9.80 Å². The number of carbonyl (C=O) groups is 5. The third kappa shape index (κ3) is 4.31. The van der Waals surface area contributed by atoms with Gasteiger partial charge >= 0.3 is 5.97 Å². The minimum absolute atomic E-state index is 0.0240. The highest BCUT2D eigenvalue weighted by atomic mass is 35.5. The predicted octanol–water partition coefficient (Wildman–Crippen LogP) is 4.91. The highest BCUT2D eigenvalue weighted by molar-refractivity contribution is 7.12. The minimum Gasteiger partial charge on any atom is -0.422 e. The molecule has 3 amide bonds. The molecule has 8 rings (SSSR count). The number of halogens is 1. The predicted molar refractivity (Wildman–Crippen MR) is 149 cm³/mol. The number of ketones is 1. The van der Waals surface area contributed by atoms with Gasteiger partial charge in [0.25, 0.3) is 17.7 Å². The zero-order valence-corrected chi connectivity index (χ0v) is 23.1. The van der Waals surface area contributed by atoms with Gasteiger partial charge in [0.05, 0.1) is 11.8 Å². The molecule has 0 unspecified atom stereocenters. The summed E-state index contributed by atoms with van der Waals surface area (Å²) in [6.45, 7) is -0.525. The summed E-state index contributed by atoms with van der Waals surface area (Å²) in [6.07, 6.45) is 5.12. The van der Waals surface area contributed by atoms with Gasteiger partial charge < -0.3 is 4.74 Å². The third-order valence-electron chi connectivity index (χ3n) is 8.61. The Hall–Kier alpha value is -4.08. The molecule has 0 N–H and O–H groups in total. The number of rotatable bonds is 7. The van der Waals surface area contributed by atoms with Gasteiger partial charge in [-0.1, -0.05) is 29.8 Å². The lowest BCUT2D eigenvalue weighted by molar-refractivity contribution is -0.154.